The van der Waals surface area contributed by atoms with Crippen LogP contribution in [0.4, 0.5) is 0 Å². The number of carbonyl (C=O) groups excluding carboxylic acids is 1. The van der Waals surface area contributed by atoms with Crippen molar-refractivity contribution in [3.8, 4) is 5.75 Å². The Morgan fingerprint density at radius 1 is 1.08 bits per heavy atom. The van der Waals surface area contributed by atoms with Gasteiger partial charge in [0.25, 0.3) is 0 Å². The van der Waals surface area contributed by atoms with E-state index in [2.05, 4.69) is 45.0 Å². The van der Waals surface area contributed by atoms with Crippen LogP contribution in [0.3, 0.4) is 0 Å². The largest absolute Gasteiger partial charge is 0.492 e. The van der Waals surface area contributed by atoms with Crippen molar-refractivity contribution in [3.63, 3.8) is 0 Å². The van der Waals surface area contributed by atoms with Crippen molar-refractivity contribution in [1.29, 1.82) is 0 Å². The van der Waals surface area contributed by atoms with Crippen molar-refractivity contribution in [2.75, 3.05) is 37.7 Å². The fourth-order valence-corrected chi connectivity index (χ4v) is 4.33. The molecule has 1 heterocycles. The molecule has 198 valence electrons. The molecule has 7 nitrogen and oxygen atoms in total. The molecule has 3 N–H and O–H groups in total. The number of carboxylic acids is 1. The fourth-order valence-electron chi connectivity index (χ4n) is 4.33. The molecule has 3 rings (SSSR count). The van der Waals surface area contributed by atoms with E-state index >= 15 is 0 Å². The zero-order chi connectivity index (χ0) is 26.4. The van der Waals surface area contributed by atoms with Crippen LogP contribution in [0, 0.1) is 0 Å². The van der Waals surface area contributed by atoms with E-state index in [1.54, 1.807) is 24.3 Å². The Morgan fingerprint density at radius 3 is 2.31 bits per heavy atom. The molecule has 1 aliphatic rings. The Kier molecular flexibility index (Phi) is 13.2. The number of para-hydroxylation sites is 1. The Bertz CT molecular complexity index is 916. The number of amides is 1. The molecule has 1 amide bonds. The van der Waals surface area contributed by atoms with Crippen molar-refractivity contribution < 1.29 is 19.4 Å². The minimum Gasteiger partial charge on any atom is -0.492 e. The van der Waals surface area contributed by atoms with Crippen LogP contribution in [0.1, 0.15) is 61.5 Å². The summed E-state index contributed by atoms with van der Waals surface area (Å²) in [7, 11) is 0. The molecule has 0 aromatic heterocycles. The van der Waals surface area contributed by atoms with Crippen LogP contribution in [0.25, 0.3) is 0 Å². The molecule has 8 heteroatoms. The van der Waals surface area contributed by atoms with Crippen molar-refractivity contribution >= 4 is 34.5 Å². The van der Waals surface area contributed by atoms with Crippen LogP contribution < -0.4 is 15.4 Å². The van der Waals surface area contributed by atoms with E-state index in [0.29, 0.717) is 13.2 Å². The summed E-state index contributed by atoms with van der Waals surface area (Å²) in [6, 6.07) is 16.1. The summed E-state index contributed by atoms with van der Waals surface area (Å²) in [6.07, 6.45) is 3.80. The predicted molar refractivity (Wildman–Crippen MR) is 153 cm³/mol. The van der Waals surface area contributed by atoms with E-state index in [-0.39, 0.29) is 17.5 Å². The first kappa shape index (κ1) is 30.1. The number of unbranched alkanes of at least 4 members (excludes halogenated alkanes) is 1. The average molecular weight is 610 g/mol. The van der Waals surface area contributed by atoms with Crippen LogP contribution in [-0.4, -0.2) is 65.1 Å². The normalized spacial score (nSPS) is 15.8. The van der Waals surface area contributed by atoms with Gasteiger partial charge in [0.05, 0.1) is 11.6 Å². The standard InChI is InChI=1S/C27H37N3O4.CH3I/c1-3-4-17-30-18-14-27(15-19-30,28-16-20-34-24-8-6-5-7-9-24)26(33)29-21(2)22-10-12-23(13-11-22)25(31)32;1-2/h5-13,21,28H,3-4,14-20H2,1-2H3,(H,29,33)(H,31,32);1H3/t21-;/m0./s1. The number of hydrogen-bond donors (Lipinski definition) is 3. The molecule has 0 radical (unpaired) electrons. The van der Waals surface area contributed by atoms with E-state index in [0.717, 1.165) is 50.2 Å². The first-order chi connectivity index (χ1) is 17.4. The highest BCUT2D eigenvalue weighted by Crippen LogP contribution is 2.25. The van der Waals surface area contributed by atoms with Gasteiger partial charge in [-0.3, -0.25) is 10.1 Å². The molecule has 1 saturated heterocycles. The lowest BCUT2D eigenvalue weighted by Gasteiger charge is -2.42. The highest BCUT2D eigenvalue weighted by molar-refractivity contribution is 14.1. The summed E-state index contributed by atoms with van der Waals surface area (Å²) in [5.74, 6) is -0.160. The third-order valence-electron chi connectivity index (χ3n) is 6.55. The van der Waals surface area contributed by atoms with Gasteiger partial charge in [-0.25, -0.2) is 4.79 Å². The van der Waals surface area contributed by atoms with Gasteiger partial charge in [0.15, 0.2) is 0 Å². The van der Waals surface area contributed by atoms with Crippen LogP contribution in [-0.2, 0) is 4.79 Å². The summed E-state index contributed by atoms with van der Waals surface area (Å²) in [5.41, 5.74) is 0.456. The highest BCUT2D eigenvalue weighted by atomic mass is 127. The maximum Gasteiger partial charge on any atom is 0.335 e. The number of likely N-dealkylation sites (tertiary alicyclic amines) is 1. The van der Waals surface area contributed by atoms with Crippen LogP contribution in [0.5, 0.6) is 5.75 Å². The summed E-state index contributed by atoms with van der Waals surface area (Å²) in [5, 5.41) is 15.8. The number of aromatic carboxylic acids is 1. The summed E-state index contributed by atoms with van der Waals surface area (Å²) >= 11 is 2.15. The molecule has 0 aliphatic carbocycles. The lowest BCUT2D eigenvalue weighted by Crippen LogP contribution is -2.62. The molecule has 1 aliphatic heterocycles. The second-order valence-corrected chi connectivity index (χ2v) is 8.99. The zero-order valence-corrected chi connectivity index (χ0v) is 23.8. The number of nitrogens with zero attached hydrogens (tertiary/aromatic N) is 1. The van der Waals surface area contributed by atoms with Gasteiger partial charge < -0.3 is 20.1 Å². The number of hydrogen-bond acceptors (Lipinski definition) is 5. The second kappa shape index (κ2) is 15.8. The molecule has 2 aromatic rings. The topological polar surface area (TPSA) is 90.9 Å². The molecule has 0 unspecified atom stereocenters. The fraction of sp³-hybridized carbons (Fsp3) is 0.500. The lowest BCUT2D eigenvalue weighted by atomic mass is 9.85. The van der Waals surface area contributed by atoms with Gasteiger partial charge in [0, 0.05) is 19.6 Å². The molecule has 0 spiro atoms. The Morgan fingerprint density at radius 2 is 1.72 bits per heavy atom. The molecule has 1 atom stereocenters. The number of carbonyl (C=O) groups is 2. The van der Waals surface area contributed by atoms with Crippen molar-refractivity contribution in [3.05, 3.63) is 65.7 Å². The van der Waals surface area contributed by atoms with Crippen LogP contribution >= 0.6 is 22.6 Å². The van der Waals surface area contributed by atoms with Gasteiger partial charge in [0.2, 0.25) is 5.91 Å². The molecular weight excluding hydrogens is 569 g/mol. The SMILES string of the molecule is CCCCN1CCC(NCCOc2ccccc2)(C(=O)N[C@@H](C)c2ccc(C(=O)O)cc2)CC1.CI. The van der Waals surface area contributed by atoms with Crippen molar-refractivity contribution in [1.82, 2.24) is 15.5 Å². The smallest absolute Gasteiger partial charge is 0.335 e. The maximum absolute atomic E-state index is 13.5. The Balaban J connectivity index is 0.00000222. The molecule has 1 fully saturated rings. The minimum atomic E-state index is -0.959. The molecule has 36 heavy (non-hydrogen) atoms. The lowest BCUT2D eigenvalue weighted by molar-refractivity contribution is -0.130. The third-order valence-corrected chi connectivity index (χ3v) is 6.55. The predicted octanol–water partition coefficient (Wildman–Crippen LogP) is 4.92. The van der Waals surface area contributed by atoms with E-state index in [1.807, 2.05) is 42.2 Å². The van der Waals surface area contributed by atoms with Gasteiger partial charge in [-0.1, -0.05) is 66.3 Å². The third kappa shape index (κ3) is 9.05. The summed E-state index contributed by atoms with van der Waals surface area (Å²) in [6.45, 7) is 7.99. The molecule has 0 bridgehead atoms. The van der Waals surface area contributed by atoms with Crippen molar-refractivity contribution in [2.24, 2.45) is 0 Å². The number of piperidine rings is 1. The number of alkyl halides is 1. The zero-order valence-electron chi connectivity index (χ0n) is 21.6. The number of ether oxygens (including phenoxy) is 1. The van der Waals surface area contributed by atoms with Gasteiger partial charge in [-0.15, -0.1) is 0 Å². The summed E-state index contributed by atoms with van der Waals surface area (Å²) in [4.78, 5) is 29.1. The Hall–Kier alpha value is -2.17. The number of halogens is 1. The monoisotopic (exact) mass is 609 g/mol. The van der Waals surface area contributed by atoms with E-state index in [4.69, 9.17) is 9.84 Å². The first-order valence-corrected chi connectivity index (χ1v) is 14.8. The molecule has 0 saturated carbocycles. The van der Waals surface area contributed by atoms with Gasteiger partial charge >= 0.3 is 5.97 Å². The Labute approximate surface area is 229 Å². The van der Waals surface area contributed by atoms with E-state index < -0.39 is 11.5 Å². The second-order valence-electron chi connectivity index (χ2n) is 8.99. The number of benzene rings is 2. The van der Waals surface area contributed by atoms with Crippen LogP contribution in [0.15, 0.2) is 54.6 Å². The number of carboxylic acid groups (broad SMARTS) is 1. The number of rotatable bonds is 12. The number of nitrogens with one attached hydrogen (secondary N) is 2. The molecular formula is C28H40IN3O4. The maximum atomic E-state index is 13.5. The summed E-state index contributed by atoms with van der Waals surface area (Å²) < 4.78 is 5.82. The van der Waals surface area contributed by atoms with E-state index in [1.165, 1.54) is 6.42 Å². The van der Waals surface area contributed by atoms with Gasteiger partial charge in [0.1, 0.15) is 17.9 Å². The first-order valence-electron chi connectivity index (χ1n) is 12.6. The van der Waals surface area contributed by atoms with Gasteiger partial charge in [-0.2, -0.15) is 0 Å². The van der Waals surface area contributed by atoms with Crippen molar-refractivity contribution in [2.45, 2.75) is 51.1 Å². The highest BCUT2D eigenvalue weighted by Gasteiger charge is 2.41. The average Bonchev–Trinajstić information content (AvgIpc) is 2.92. The van der Waals surface area contributed by atoms with E-state index in [9.17, 15) is 9.59 Å². The van der Waals surface area contributed by atoms with Gasteiger partial charge in [-0.05, 0) is 67.5 Å². The molecule has 2 aromatic carbocycles. The van der Waals surface area contributed by atoms with Crippen LogP contribution in [0.2, 0.25) is 0 Å². The minimum absolute atomic E-state index is 0.0165. The quantitative estimate of drug-likeness (QED) is 0.180.